The number of methoxy groups -OCH3 is 1. The molecule has 1 aromatic heterocycles. The number of benzene rings is 2. The molecule has 0 bridgehead atoms. The smallest absolute Gasteiger partial charge is 0.337 e. The number of halogens is 1. The molecule has 4 nitrogen and oxygen atoms in total. The largest absolute Gasteiger partial charge is 0.465 e. The first-order valence-corrected chi connectivity index (χ1v) is 8.50. The molecule has 122 valence electrons. The number of nitrogens with zero attached hydrogens (tertiary/aromatic N) is 1. The Balaban J connectivity index is 1.81. The molecule has 1 heterocycles. The van der Waals surface area contributed by atoms with Gasteiger partial charge in [-0.1, -0.05) is 23.7 Å². The minimum Gasteiger partial charge on any atom is -0.465 e. The molecule has 0 aliphatic carbocycles. The van der Waals surface area contributed by atoms with E-state index in [1.54, 1.807) is 18.2 Å². The molecule has 24 heavy (non-hydrogen) atoms. The van der Waals surface area contributed by atoms with Crippen molar-refractivity contribution in [3.63, 3.8) is 0 Å². The molecule has 0 radical (unpaired) electrons. The van der Waals surface area contributed by atoms with Crippen molar-refractivity contribution in [2.45, 2.75) is 6.92 Å². The second-order valence-corrected chi connectivity index (χ2v) is 6.46. The van der Waals surface area contributed by atoms with Crippen LogP contribution < -0.4 is 5.32 Å². The summed E-state index contributed by atoms with van der Waals surface area (Å²) in [6, 6.07) is 13.0. The van der Waals surface area contributed by atoms with Crippen LogP contribution in [0.5, 0.6) is 0 Å². The summed E-state index contributed by atoms with van der Waals surface area (Å²) in [6.45, 7) is 1.97. The topological polar surface area (TPSA) is 51.2 Å². The molecule has 0 aliphatic rings. The summed E-state index contributed by atoms with van der Waals surface area (Å²) in [7, 11) is 1.36. The van der Waals surface area contributed by atoms with Gasteiger partial charge in [-0.3, -0.25) is 0 Å². The lowest BCUT2D eigenvalue weighted by molar-refractivity contribution is 0.0601. The van der Waals surface area contributed by atoms with Crippen molar-refractivity contribution in [3.05, 3.63) is 64.0 Å². The summed E-state index contributed by atoms with van der Waals surface area (Å²) in [6.07, 6.45) is 0. The third-order valence-corrected chi connectivity index (χ3v) is 4.67. The van der Waals surface area contributed by atoms with Crippen molar-refractivity contribution >= 4 is 39.7 Å². The summed E-state index contributed by atoms with van der Waals surface area (Å²) in [5.74, 6) is -0.366. The molecule has 0 atom stereocenters. The Hall–Kier alpha value is -2.37. The van der Waals surface area contributed by atoms with Gasteiger partial charge in [-0.25, -0.2) is 9.78 Å². The van der Waals surface area contributed by atoms with Crippen LogP contribution in [0.25, 0.3) is 11.3 Å². The van der Waals surface area contributed by atoms with Gasteiger partial charge in [0.15, 0.2) is 5.13 Å². The summed E-state index contributed by atoms with van der Waals surface area (Å²) < 4.78 is 4.73. The summed E-state index contributed by atoms with van der Waals surface area (Å²) >= 11 is 7.56. The summed E-state index contributed by atoms with van der Waals surface area (Å²) in [5.41, 5.74) is 4.19. The van der Waals surface area contributed by atoms with Crippen molar-refractivity contribution in [2.75, 3.05) is 12.4 Å². The minimum atomic E-state index is -0.366. The Labute approximate surface area is 149 Å². The molecule has 0 unspecified atom stereocenters. The zero-order valence-corrected chi connectivity index (χ0v) is 14.7. The SMILES string of the molecule is COC(=O)c1cccc(Nc2nc(-c3ccc(Cl)c(C)c3)cs2)c1. The zero-order chi connectivity index (χ0) is 17.1. The van der Waals surface area contributed by atoms with Gasteiger partial charge in [0.25, 0.3) is 0 Å². The second-order valence-electron chi connectivity index (χ2n) is 5.20. The van der Waals surface area contributed by atoms with Crippen LogP contribution in [0.1, 0.15) is 15.9 Å². The number of esters is 1. The van der Waals surface area contributed by atoms with Gasteiger partial charge in [0.2, 0.25) is 0 Å². The van der Waals surface area contributed by atoms with Gasteiger partial charge >= 0.3 is 5.97 Å². The number of rotatable bonds is 4. The molecule has 0 spiro atoms. The quantitative estimate of drug-likeness (QED) is 0.643. The highest BCUT2D eigenvalue weighted by atomic mass is 35.5. The lowest BCUT2D eigenvalue weighted by Crippen LogP contribution is -2.01. The lowest BCUT2D eigenvalue weighted by Gasteiger charge is -2.05. The number of hydrogen-bond donors (Lipinski definition) is 1. The van der Waals surface area contributed by atoms with Crippen molar-refractivity contribution in [1.82, 2.24) is 4.98 Å². The van der Waals surface area contributed by atoms with Crippen LogP contribution in [0.4, 0.5) is 10.8 Å². The standard InChI is InChI=1S/C18H15ClN2O2S/c1-11-8-12(6-7-15(11)19)16-10-24-18(21-16)20-14-5-3-4-13(9-14)17(22)23-2/h3-10H,1-2H3,(H,20,21). The van der Waals surface area contributed by atoms with Gasteiger partial charge in [0.05, 0.1) is 18.4 Å². The maximum atomic E-state index is 11.6. The van der Waals surface area contributed by atoms with Crippen LogP contribution in [0.2, 0.25) is 5.02 Å². The molecule has 0 fully saturated rings. The Kier molecular flexibility index (Phi) is 4.83. The maximum Gasteiger partial charge on any atom is 0.337 e. The van der Waals surface area contributed by atoms with Gasteiger partial charge in [-0.05, 0) is 42.8 Å². The van der Waals surface area contributed by atoms with E-state index >= 15 is 0 Å². The first-order valence-electron chi connectivity index (χ1n) is 7.24. The van der Waals surface area contributed by atoms with Crippen molar-refractivity contribution in [1.29, 1.82) is 0 Å². The van der Waals surface area contributed by atoms with E-state index in [0.717, 1.165) is 32.7 Å². The number of aryl methyl sites for hydroxylation is 1. The fraction of sp³-hybridized carbons (Fsp3) is 0.111. The number of ether oxygens (including phenoxy) is 1. The number of carbonyl (C=O) groups excluding carboxylic acids is 1. The van der Waals surface area contributed by atoms with Crippen molar-refractivity contribution in [2.24, 2.45) is 0 Å². The first-order chi connectivity index (χ1) is 11.6. The predicted octanol–water partition coefficient (Wildman–Crippen LogP) is 5.30. The Morgan fingerprint density at radius 3 is 2.83 bits per heavy atom. The molecule has 0 amide bonds. The fourth-order valence-electron chi connectivity index (χ4n) is 2.23. The van der Waals surface area contributed by atoms with E-state index < -0.39 is 0 Å². The van der Waals surface area contributed by atoms with E-state index in [1.165, 1.54) is 18.4 Å². The van der Waals surface area contributed by atoms with Crippen LogP contribution in [0.15, 0.2) is 47.8 Å². The van der Waals surface area contributed by atoms with E-state index in [-0.39, 0.29) is 5.97 Å². The minimum absolute atomic E-state index is 0.366. The fourth-order valence-corrected chi connectivity index (χ4v) is 3.09. The number of anilines is 2. The highest BCUT2D eigenvalue weighted by Crippen LogP contribution is 2.29. The predicted molar refractivity (Wildman–Crippen MR) is 98.4 cm³/mol. The molecule has 1 N–H and O–H groups in total. The average Bonchev–Trinajstić information content (AvgIpc) is 3.05. The Bertz CT molecular complexity index is 892. The zero-order valence-electron chi connectivity index (χ0n) is 13.2. The highest BCUT2D eigenvalue weighted by Gasteiger charge is 2.09. The molecular weight excluding hydrogens is 344 g/mol. The van der Waals surface area contributed by atoms with Gasteiger partial charge < -0.3 is 10.1 Å². The third kappa shape index (κ3) is 3.58. The third-order valence-electron chi connectivity index (χ3n) is 3.49. The Morgan fingerprint density at radius 2 is 2.08 bits per heavy atom. The van der Waals surface area contributed by atoms with Gasteiger partial charge in [0, 0.05) is 21.7 Å². The van der Waals surface area contributed by atoms with Crippen LogP contribution in [0.3, 0.4) is 0 Å². The first kappa shape index (κ1) is 16.5. The van der Waals surface area contributed by atoms with Crippen LogP contribution in [0, 0.1) is 6.92 Å². The number of aromatic nitrogens is 1. The monoisotopic (exact) mass is 358 g/mol. The summed E-state index contributed by atoms with van der Waals surface area (Å²) in [5, 5.41) is 6.69. The van der Waals surface area contributed by atoms with Gasteiger partial charge in [0.1, 0.15) is 0 Å². The summed E-state index contributed by atoms with van der Waals surface area (Å²) in [4.78, 5) is 16.2. The van der Waals surface area contributed by atoms with E-state index in [1.807, 2.05) is 36.6 Å². The van der Waals surface area contributed by atoms with E-state index in [9.17, 15) is 4.79 Å². The molecule has 3 aromatic rings. The average molecular weight is 359 g/mol. The normalized spacial score (nSPS) is 10.5. The van der Waals surface area contributed by atoms with E-state index in [2.05, 4.69) is 10.3 Å². The second kappa shape index (κ2) is 7.03. The number of nitrogens with one attached hydrogen (secondary N) is 1. The lowest BCUT2D eigenvalue weighted by atomic mass is 10.1. The van der Waals surface area contributed by atoms with E-state index in [4.69, 9.17) is 16.3 Å². The van der Waals surface area contributed by atoms with Crippen molar-refractivity contribution in [3.8, 4) is 11.3 Å². The van der Waals surface area contributed by atoms with Crippen LogP contribution >= 0.6 is 22.9 Å². The Morgan fingerprint density at radius 1 is 1.25 bits per heavy atom. The van der Waals surface area contributed by atoms with Gasteiger partial charge in [-0.2, -0.15) is 0 Å². The van der Waals surface area contributed by atoms with Crippen molar-refractivity contribution < 1.29 is 9.53 Å². The molecule has 0 saturated carbocycles. The molecule has 2 aromatic carbocycles. The van der Waals surface area contributed by atoms with Gasteiger partial charge in [-0.15, -0.1) is 11.3 Å². The van der Waals surface area contributed by atoms with Crippen LogP contribution in [-0.2, 0) is 4.74 Å². The molecule has 0 saturated heterocycles. The highest BCUT2D eigenvalue weighted by molar-refractivity contribution is 7.14. The van der Waals surface area contributed by atoms with Crippen LogP contribution in [-0.4, -0.2) is 18.1 Å². The molecular formula is C18H15ClN2O2S. The van der Waals surface area contributed by atoms with E-state index in [0.29, 0.717) is 5.56 Å². The number of hydrogen-bond acceptors (Lipinski definition) is 5. The molecule has 6 heteroatoms. The maximum absolute atomic E-state index is 11.6. The molecule has 3 rings (SSSR count). The molecule has 0 aliphatic heterocycles. The number of carbonyl (C=O) groups is 1. The number of thiazole rings is 1.